The van der Waals surface area contributed by atoms with Crippen LogP contribution in [0.5, 0.6) is 11.8 Å². The molecule has 2 N–H and O–H groups in total. The van der Waals surface area contributed by atoms with Gasteiger partial charge in [0.2, 0.25) is 11.8 Å². The second kappa shape index (κ2) is 7.83. The van der Waals surface area contributed by atoms with Gasteiger partial charge in [-0.1, -0.05) is 26.0 Å². The summed E-state index contributed by atoms with van der Waals surface area (Å²) in [7, 11) is 0. The monoisotopic (exact) mass is 395 g/mol. The molecule has 0 bridgehead atoms. The highest BCUT2D eigenvalue weighted by Crippen LogP contribution is 2.37. The molecule has 2 amide bonds. The Labute approximate surface area is 168 Å². The number of pyridine rings is 1. The van der Waals surface area contributed by atoms with Gasteiger partial charge in [0, 0.05) is 23.5 Å². The maximum atomic E-state index is 13.0. The third kappa shape index (κ3) is 3.27. The quantitative estimate of drug-likeness (QED) is 0.525. The molecule has 1 aromatic heterocycles. The number of hydrogen-bond acceptors (Lipinski definition) is 8. The summed E-state index contributed by atoms with van der Waals surface area (Å²) >= 11 is 0. The van der Waals surface area contributed by atoms with E-state index < -0.39 is 23.6 Å². The molecule has 0 spiro atoms. The second-order valence-electron chi connectivity index (χ2n) is 6.99. The minimum absolute atomic E-state index is 0.0539. The lowest BCUT2D eigenvalue weighted by atomic mass is 9.88. The van der Waals surface area contributed by atoms with E-state index in [0.29, 0.717) is 18.5 Å². The van der Waals surface area contributed by atoms with E-state index in [0.717, 1.165) is 0 Å². The zero-order valence-electron chi connectivity index (χ0n) is 16.4. The predicted molar refractivity (Wildman–Crippen MR) is 99.8 cm³/mol. The Morgan fingerprint density at radius 2 is 1.90 bits per heavy atom. The molecule has 0 saturated carbocycles. The molecule has 29 heavy (non-hydrogen) atoms. The molecule has 2 unspecified atom stereocenters. The molecule has 1 saturated heterocycles. The van der Waals surface area contributed by atoms with E-state index in [-0.39, 0.29) is 34.7 Å². The Morgan fingerprint density at radius 3 is 2.52 bits per heavy atom. The van der Waals surface area contributed by atoms with E-state index in [2.05, 4.69) is 15.8 Å². The number of aromatic nitrogens is 1. The number of carbonyl (C=O) groups is 2. The molecule has 2 aliphatic rings. The molecule has 1 aliphatic carbocycles. The molecule has 1 aliphatic heterocycles. The lowest BCUT2D eigenvalue weighted by Crippen LogP contribution is -2.40. The van der Waals surface area contributed by atoms with Crippen LogP contribution in [-0.2, 0) is 9.59 Å². The first kappa shape index (κ1) is 20.2. The van der Waals surface area contributed by atoms with Gasteiger partial charge in [-0.3, -0.25) is 24.9 Å². The minimum Gasteiger partial charge on any atom is -0.858 e. The smallest absolute Gasteiger partial charge is 0.239 e. The molecule has 152 valence electrons. The van der Waals surface area contributed by atoms with Crippen molar-refractivity contribution in [2.45, 2.75) is 39.7 Å². The molecule has 3 rings (SSSR count). The number of rotatable bonds is 6. The van der Waals surface area contributed by atoms with Gasteiger partial charge in [0.25, 0.3) is 0 Å². The number of carbonyl (C=O) groups excluding carboxylic acids is 2. The van der Waals surface area contributed by atoms with E-state index in [9.17, 15) is 19.8 Å². The van der Waals surface area contributed by atoms with E-state index in [1.165, 1.54) is 11.8 Å². The molecule has 1 aromatic rings. The summed E-state index contributed by atoms with van der Waals surface area (Å²) in [5, 5.41) is 32.8. The molecule has 2 atom stereocenters. The first-order valence-corrected chi connectivity index (χ1v) is 9.41. The van der Waals surface area contributed by atoms with Crippen molar-refractivity contribution in [1.82, 2.24) is 15.3 Å². The van der Waals surface area contributed by atoms with Crippen LogP contribution in [0, 0.1) is 30.1 Å². The minimum atomic E-state index is -0.877. The Bertz CT molecular complexity index is 959. The number of likely N-dealkylation sites (tertiary alicyclic amines) is 1. The van der Waals surface area contributed by atoms with Crippen LogP contribution in [0.3, 0.4) is 0 Å². The van der Waals surface area contributed by atoms with Crippen molar-refractivity contribution >= 4 is 17.5 Å². The Hall–Kier alpha value is -3.54. The third-order valence-corrected chi connectivity index (χ3v) is 5.45. The van der Waals surface area contributed by atoms with Gasteiger partial charge in [0.1, 0.15) is 6.07 Å². The van der Waals surface area contributed by atoms with Crippen LogP contribution in [0.15, 0.2) is 23.9 Å². The number of nitrogens with one attached hydrogen (secondary N) is 2. The summed E-state index contributed by atoms with van der Waals surface area (Å²) in [4.78, 5) is 30.5. The molecule has 9 heteroatoms. The van der Waals surface area contributed by atoms with E-state index in [4.69, 9.17) is 5.26 Å². The van der Waals surface area contributed by atoms with Crippen molar-refractivity contribution in [1.29, 1.82) is 5.26 Å². The lowest BCUT2D eigenvalue weighted by Gasteiger charge is -2.26. The van der Waals surface area contributed by atoms with E-state index in [1.54, 1.807) is 24.3 Å². The molecule has 1 fully saturated rings. The van der Waals surface area contributed by atoms with Gasteiger partial charge in [-0.25, -0.2) is 0 Å². The summed E-state index contributed by atoms with van der Waals surface area (Å²) in [5.41, 5.74) is 5.80. The van der Waals surface area contributed by atoms with Crippen molar-refractivity contribution < 1.29 is 19.8 Å². The molecule has 0 radical (unpaired) electrons. The van der Waals surface area contributed by atoms with Gasteiger partial charge < -0.3 is 15.6 Å². The standard InChI is InChI=1S/C20H23N5O4/c1-4-11(5-2)25-19(28)12-7-6-8-14(15(12)20(25)29)23-24-16-10(3)13(9-21)17(26)22-18(16)27/h6-8,11-12,15,23-24H,4-5H2,1-3H3,(H2,22,26,27)/p-2. The van der Waals surface area contributed by atoms with Crippen LogP contribution in [0.25, 0.3) is 0 Å². The van der Waals surface area contributed by atoms with Crippen LogP contribution >= 0.6 is 0 Å². The SMILES string of the molecule is CCC(CC)N1C(=O)C2C=CC=C(NNc3c([O-])nc([O-])c(C#N)c3C)C2C1=O. The molecule has 2 heterocycles. The van der Waals surface area contributed by atoms with Crippen molar-refractivity contribution in [3.8, 4) is 17.8 Å². The zero-order chi connectivity index (χ0) is 21.3. The van der Waals surface area contributed by atoms with Crippen LogP contribution < -0.4 is 21.1 Å². The average Bonchev–Trinajstić information content (AvgIpc) is 2.95. The van der Waals surface area contributed by atoms with Gasteiger partial charge in [0.15, 0.2) is 0 Å². The maximum absolute atomic E-state index is 13.0. The van der Waals surface area contributed by atoms with Crippen molar-refractivity contribution in [3.05, 3.63) is 35.1 Å². The van der Waals surface area contributed by atoms with Crippen LogP contribution in [0.2, 0.25) is 0 Å². The topological polar surface area (TPSA) is 144 Å². The fraction of sp³-hybridized carbons (Fsp3) is 0.400. The second-order valence-corrected chi connectivity index (χ2v) is 6.99. The summed E-state index contributed by atoms with van der Waals surface area (Å²) in [6, 6.07) is 1.58. The fourth-order valence-corrected chi connectivity index (χ4v) is 3.81. The number of nitrogens with zero attached hydrogens (tertiary/aromatic N) is 3. The lowest BCUT2D eigenvalue weighted by molar-refractivity contribution is -0.292. The van der Waals surface area contributed by atoms with Crippen LogP contribution in [-0.4, -0.2) is 27.7 Å². The number of allylic oxidation sites excluding steroid dienone is 2. The van der Waals surface area contributed by atoms with Gasteiger partial charge in [-0.2, -0.15) is 5.26 Å². The summed E-state index contributed by atoms with van der Waals surface area (Å²) in [6.45, 7) is 5.33. The fourth-order valence-electron chi connectivity index (χ4n) is 3.81. The average molecular weight is 395 g/mol. The van der Waals surface area contributed by atoms with Gasteiger partial charge in [-0.05, 0) is 31.4 Å². The first-order chi connectivity index (χ1) is 13.8. The number of hydrazine groups is 1. The molecule has 9 nitrogen and oxygen atoms in total. The Kier molecular flexibility index (Phi) is 5.46. The normalized spacial score (nSPS) is 20.5. The predicted octanol–water partition coefficient (Wildman–Crippen LogP) is 0.569. The molecule has 0 aromatic carbocycles. The van der Waals surface area contributed by atoms with Crippen LogP contribution in [0.1, 0.15) is 37.8 Å². The number of imide groups is 1. The molecular weight excluding hydrogens is 374 g/mol. The zero-order valence-corrected chi connectivity index (χ0v) is 16.4. The number of hydrogen-bond donors (Lipinski definition) is 2. The first-order valence-electron chi connectivity index (χ1n) is 9.41. The van der Waals surface area contributed by atoms with Gasteiger partial charge in [0.05, 0.1) is 23.1 Å². The summed E-state index contributed by atoms with van der Waals surface area (Å²) in [5.74, 6) is -3.54. The highest BCUT2D eigenvalue weighted by molar-refractivity contribution is 6.08. The largest absolute Gasteiger partial charge is 0.858 e. The Morgan fingerprint density at radius 1 is 1.21 bits per heavy atom. The van der Waals surface area contributed by atoms with E-state index >= 15 is 0 Å². The van der Waals surface area contributed by atoms with E-state index in [1.807, 2.05) is 13.8 Å². The van der Waals surface area contributed by atoms with Gasteiger partial charge in [-0.15, -0.1) is 0 Å². The number of nitriles is 1. The number of amides is 2. The number of anilines is 1. The van der Waals surface area contributed by atoms with Crippen molar-refractivity contribution in [3.63, 3.8) is 0 Å². The maximum Gasteiger partial charge on any atom is 0.239 e. The van der Waals surface area contributed by atoms with Crippen molar-refractivity contribution in [2.75, 3.05) is 5.43 Å². The molecular formula is C20H21N5O4-2. The third-order valence-electron chi connectivity index (χ3n) is 5.45. The highest BCUT2D eigenvalue weighted by atomic mass is 16.3. The Balaban J connectivity index is 1.86. The van der Waals surface area contributed by atoms with Gasteiger partial charge >= 0.3 is 0 Å². The summed E-state index contributed by atoms with van der Waals surface area (Å²) in [6.07, 6.45) is 6.37. The van der Waals surface area contributed by atoms with Crippen molar-refractivity contribution in [2.24, 2.45) is 11.8 Å². The van der Waals surface area contributed by atoms with Crippen LogP contribution in [0.4, 0.5) is 5.69 Å². The number of fused-ring (bicyclic) bond motifs is 1. The highest BCUT2D eigenvalue weighted by Gasteiger charge is 2.50. The summed E-state index contributed by atoms with van der Waals surface area (Å²) < 4.78 is 0.